The molecule has 1 fully saturated rings. The maximum atomic E-state index is 13.4. The predicted octanol–water partition coefficient (Wildman–Crippen LogP) is 2.94. The summed E-state index contributed by atoms with van der Waals surface area (Å²) in [5.74, 6) is -2.51. The van der Waals surface area contributed by atoms with Gasteiger partial charge in [0.2, 0.25) is 0 Å². The predicted molar refractivity (Wildman–Crippen MR) is 58.3 cm³/mol. The minimum atomic E-state index is -0.914. The van der Waals surface area contributed by atoms with Crippen molar-refractivity contribution in [3.05, 3.63) is 29.6 Å². The fourth-order valence-corrected chi connectivity index (χ4v) is 1.97. The molecule has 2 nitrogen and oxygen atoms in total. The van der Waals surface area contributed by atoms with Gasteiger partial charge >= 0.3 is 0 Å². The lowest BCUT2D eigenvalue weighted by Crippen LogP contribution is -2.27. The van der Waals surface area contributed by atoms with Crippen LogP contribution in [0.4, 0.5) is 18.9 Å². The first kappa shape index (κ1) is 12.2. The maximum absolute atomic E-state index is 13.4. The van der Waals surface area contributed by atoms with Gasteiger partial charge in [-0.1, -0.05) is 0 Å². The molecule has 0 radical (unpaired) electrons. The standard InChI is InChI=1S/C12H14F3NO/c1-7(8-2-3-17-6-8)16-12-10(14)4-9(13)5-11(12)15/h4-5,7-8,16H,2-3,6H2,1H3. The topological polar surface area (TPSA) is 21.3 Å². The number of rotatable bonds is 3. The lowest BCUT2D eigenvalue weighted by molar-refractivity contribution is 0.183. The Morgan fingerprint density at radius 1 is 1.29 bits per heavy atom. The number of halogens is 3. The van der Waals surface area contributed by atoms with Gasteiger partial charge in [0.05, 0.1) is 6.61 Å². The van der Waals surface area contributed by atoms with Crippen molar-refractivity contribution < 1.29 is 17.9 Å². The van der Waals surface area contributed by atoms with Gasteiger partial charge in [0.1, 0.15) is 11.5 Å². The molecule has 0 aromatic heterocycles. The second-order valence-corrected chi connectivity index (χ2v) is 4.30. The van der Waals surface area contributed by atoms with Crippen molar-refractivity contribution in [1.82, 2.24) is 0 Å². The van der Waals surface area contributed by atoms with Gasteiger partial charge in [-0.25, -0.2) is 13.2 Å². The molecular formula is C12H14F3NO. The molecule has 0 bridgehead atoms. The van der Waals surface area contributed by atoms with E-state index in [9.17, 15) is 13.2 Å². The molecule has 0 saturated carbocycles. The zero-order chi connectivity index (χ0) is 12.4. The molecule has 0 spiro atoms. The highest BCUT2D eigenvalue weighted by molar-refractivity contribution is 5.47. The number of anilines is 1. The second kappa shape index (κ2) is 4.96. The van der Waals surface area contributed by atoms with Crippen LogP contribution in [-0.2, 0) is 4.74 Å². The van der Waals surface area contributed by atoms with Crippen LogP contribution >= 0.6 is 0 Å². The Balaban J connectivity index is 2.12. The molecular weight excluding hydrogens is 231 g/mol. The van der Waals surface area contributed by atoms with Crippen molar-refractivity contribution in [2.24, 2.45) is 5.92 Å². The Morgan fingerprint density at radius 3 is 2.47 bits per heavy atom. The van der Waals surface area contributed by atoms with Crippen molar-refractivity contribution in [3.63, 3.8) is 0 Å². The lowest BCUT2D eigenvalue weighted by Gasteiger charge is -2.21. The lowest BCUT2D eigenvalue weighted by atomic mass is 10.0. The van der Waals surface area contributed by atoms with Crippen LogP contribution in [0.3, 0.4) is 0 Å². The van der Waals surface area contributed by atoms with Gasteiger partial charge in [-0.3, -0.25) is 0 Å². The second-order valence-electron chi connectivity index (χ2n) is 4.30. The molecule has 5 heteroatoms. The van der Waals surface area contributed by atoms with E-state index < -0.39 is 17.5 Å². The highest BCUT2D eigenvalue weighted by Gasteiger charge is 2.24. The molecule has 0 amide bonds. The van der Waals surface area contributed by atoms with E-state index in [-0.39, 0.29) is 17.6 Å². The summed E-state index contributed by atoms with van der Waals surface area (Å²) in [6.45, 7) is 3.09. The highest BCUT2D eigenvalue weighted by atomic mass is 19.1. The Bertz CT molecular complexity index is 382. The van der Waals surface area contributed by atoms with Gasteiger partial charge in [0, 0.05) is 30.7 Å². The van der Waals surface area contributed by atoms with Crippen molar-refractivity contribution in [2.45, 2.75) is 19.4 Å². The van der Waals surface area contributed by atoms with Crippen LogP contribution in [0.2, 0.25) is 0 Å². The largest absolute Gasteiger partial charge is 0.381 e. The van der Waals surface area contributed by atoms with E-state index in [2.05, 4.69) is 5.32 Å². The van der Waals surface area contributed by atoms with Gasteiger partial charge in [-0.15, -0.1) is 0 Å². The van der Waals surface area contributed by atoms with Crippen molar-refractivity contribution in [2.75, 3.05) is 18.5 Å². The molecule has 0 aliphatic carbocycles. The van der Waals surface area contributed by atoms with Crippen LogP contribution < -0.4 is 5.32 Å². The fourth-order valence-electron chi connectivity index (χ4n) is 1.97. The van der Waals surface area contributed by atoms with E-state index in [4.69, 9.17) is 4.74 Å². The molecule has 1 aromatic rings. The van der Waals surface area contributed by atoms with Gasteiger partial charge in [0.15, 0.2) is 11.6 Å². The van der Waals surface area contributed by atoms with Crippen LogP contribution in [0.5, 0.6) is 0 Å². The first-order valence-electron chi connectivity index (χ1n) is 5.56. The third-order valence-corrected chi connectivity index (χ3v) is 3.05. The first-order valence-corrected chi connectivity index (χ1v) is 5.56. The number of hydrogen-bond acceptors (Lipinski definition) is 2. The quantitative estimate of drug-likeness (QED) is 0.884. The summed E-state index contributed by atoms with van der Waals surface area (Å²) in [5, 5.41) is 2.75. The van der Waals surface area contributed by atoms with E-state index in [1.54, 1.807) is 0 Å². The van der Waals surface area contributed by atoms with Crippen molar-refractivity contribution in [3.8, 4) is 0 Å². The number of nitrogens with one attached hydrogen (secondary N) is 1. The van der Waals surface area contributed by atoms with E-state index in [1.165, 1.54) is 0 Å². The number of hydrogen-bond donors (Lipinski definition) is 1. The molecule has 1 aliphatic rings. The average molecular weight is 245 g/mol. The maximum Gasteiger partial charge on any atom is 0.152 e. The third kappa shape index (κ3) is 2.72. The molecule has 1 N–H and O–H groups in total. The van der Waals surface area contributed by atoms with Crippen LogP contribution in [0.1, 0.15) is 13.3 Å². The molecule has 17 heavy (non-hydrogen) atoms. The summed E-state index contributed by atoms with van der Waals surface area (Å²) >= 11 is 0. The highest BCUT2D eigenvalue weighted by Crippen LogP contribution is 2.25. The molecule has 1 aromatic carbocycles. The molecule has 94 valence electrons. The molecule has 1 saturated heterocycles. The summed E-state index contributed by atoms with van der Waals surface area (Å²) in [5.41, 5.74) is -0.272. The normalized spacial score (nSPS) is 21.5. The zero-order valence-electron chi connectivity index (χ0n) is 9.47. The monoisotopic (exact) mass is 245 g/mol. The summed E-state index contributed by atoms with van der Waals surface area (Å²) < 4.78 is 44.7. The molecule has 2 unspecified atom stereocenters. The summed E-state index contributed by atoms with van der Waals surface area (Å²) in [7, 11) is 0. The van der Waals surface area contributed by atoms with E-state index in [0.717, 1.165) is 6.42 Å². The minimum absolute atomic E-state index is 0.119. The van der Waals surface area contributed by atoms with E-state index in [0.29, 0.717) is 25.3 Å². The SMILES string of the molecule is CC(Nc1c(F)cc(F)cc1F)C1CCOC1. The van der Waals surface area contributed by atoms with Gasteiger partial charge < -0.3 is 10.1 Å². The number of ether oxygens (including phenoxy) is 1. The van der Waals surface area contributed by atoms with Gasteiger partial charge in [-0.05, 0) is 13.3 Å². The van der Waals surface area contributed by atoms with Gasteiger partial charge in [0.25, 0.3) is 0 Å². The molecule has 2 rings (SSSR count). The summed E-state index contributed by atoms with van der Waals surface area (Å²) in [4.78, 5) is 0. The summed E-state index contributed by atoms with van der Waals surface area (Å²) in [6, 6.07) is 1.22. The van der Waals surface area contributed by atoms with Crippen molar-refractivity contribution >= 4 is 5.69 Å². The summed E-state index contributed by atoms with van der Waals surface area (Å²) in [6.07, 6.45) is 0.860. The van der Waals surface area contributed by atoms with Gasteiger partial charge in [-0.2, -0.15) is 0 Å². The molecule has 1 heterocycles. The first-order chi connectivity index (χ1) is 8.08. The van der Waals surface area contributed by atoms with Crippen LogP contribution in [0.15, 0.2) is 12.1 Å². The molecule has 1 aliphatic heterocycles. The molecule has 2 atom stereocenters. The smallest absolute Gasteiger partial charge is 0.152 e. The minimum Gasteiger partial charge on any atom is -0.381 e. The Kier molecular flexibility index (Phi) is 3.57. The fraction of sp³-hybridized carbons (Fsp3) is 0.500. The van der Waals surface area contributed by atoms with Crippen LogP contribution in [0.25, 0.3) is 0 Å². The third-order valence-electron chi connectivity index (χ3n) is 3.05. The van der Waals surface area contributed by atoms with Crippen LogP contribution in [0, 0.1) is 23.4 Å². The Morgan fingerprint density at radius 2 is 1.94 bits per heavy atom. The van der Waals surface area contributed by atoms with Crippen molar-refractivity contribution in [1.29, 1.82) is 0 Å². The van der Waals surface area contributed by atoms with Crippen LogP contribution in [-0.4, -0.2) is 19.3 Å². The average Bonchev–Trinajstić information content (AvgIpc) is 2.76. The van der Waals surface area contributed by atoms with E-state index in [1.807, 2.05) is 6.92 Å². The number of benzene rings is 1. The zero-order valence-corrected chi connectivity index (χ0v) is 9.47. The Hall–Kier alpha value is -1.23. The Labute approximate surface area is 97.8 Å². The van der Waals surface area contributed by atoms with E-state index >= 15 is 0 Å².